The zero-order valence-electron chi connectivity index (χ0n) is 20.9. The van der Waals surface area contributed by atoms with Crippen molar-refractivity contribution in [3.05, 3.63) is 94.2 Å². The Kier molecular flexibility index (Phi) is 7.22. The summed E-state index contributed by atoms with van der Waals surface area (Å²) < 4.78 is 44.7. The van der Waals surface area contributed by atoms with Crippen LogP contribution in [0.3, 0.4) is 0 Å². The van der Waals surface area contributed by atoms with Gasteiger partial charge in [0.2, 0.25) is 0 Å². The highest BCUT2D eigenvalue weighted by Crippen LogP contribution is 2.32. The van der Waals surface area contributed by atoms with Crippen LogP contribution in [-0.2, 0) is 13.0 Å². The molecule has 10 nitrogen and oxygen atoms in total. The smallest absolute Gasteiger partial charge is 0.387 e. The van der Waals surface area contributed by atoms with E-state index in [9.17, 15) is 32.7 Å². The predicted octanol–water partition coefficient (Wildman–Crippen LogP) is 2.99. The van der Waals surface area contributed by atoms with Crippen LogP contribution in [0.15, 0.2) is 54.7 Å². The third-order valence-corrected chi connectivity index (χ3v) is 6.46. The molecule has 0 aliphatic heterocycles. The number of rotatable bonds is 8. The molecule has 0 saturated heterocycles. The van der Waals surface area contributed by atoms with Gasteiger partial charge in [0, 0.05) is 24.6 Å². The molecule has 206 valence electrons. The largest absolute Gasteiger partial charge is 0.435 e. The summed E-state index contributed by atoms with van der Waals surface area (Å²) in [5.41, 5.74) is 1.37. The van der Waals surface area contributed by atoms with Crippen LogP contribution in [0.4, 0.5) is 13.2 Å². The number of ketones is 1. The fourth-order valence-corrected chi connectivity index (χ4v) is 4.56. The molecule has 3 N–H and O–H groups in total. The van der Waals surface area contributed by atoms with Gasteiger partial charge in [-0.1, -0.05) is 24.3 Å². The van der Waals surface area contributed by atoms with Gasteiger partial charge in [0.25, 0.3) is 11.8 Å². The second-order valence-corrected chi connectivity index (χ2v) is 9.16. The maximum absolute atomic E-state index is 14.4. The highest BCUT2D eigenvalue weighted by molar-refractivity contribution is 5.98. The fraction of sp³-hybridized carbons (Fsp3) is 0.222. The number of fused-ring (bicyclic) bond motifs is 2. The molecule has 2 aromatic heterocycles. The lowest BCUT2D eigenvalue weighted by Gasteiger charge is -2.18. The normalized spacial score (nSPS) is 16.1. The van der Waals surface area contributed by atoms with Gasteiger partial charge in [0.1, 0.15) is 17.1 Å². The summed E-state index contributed by atoms with van der Waals surface area (Å²) in [6, 6.07) is 10.9. The van der Waals surface area contributed by atoms with Crippen molar-refractivity contribution in [3.63, 3.8) is 0 Å². The molecule has 0 saturated carbocycles. The lowest BCUT2D eigenvalue weighted by Crippen LogP contribution is -2.35. The van der Waals surface area contributed by atoms with Gasteiger partial charge < -0.3 is 20.5 Å². The number of nitrogens with one attached hydrogen (secondary N) is 2. The van der Waals surface area contributed by atoms with E-state index in [-0.39, 0.29) is 41.5 Å². The third kappa shape index (κ3) is 5.36. The Morgan fingerprint density at radius 1 is 1.15 bits per heavy atom. The maximum Gasteiger partial charge on any atom is 0.387 e. The van der Waals surface area contributed by atoms with E-state index in [1.807, 2.05) is 0 Å². The maximum atomic E-state index is 14.4. The van der Waals surface area contributed by atoms with Crippen LogP contribution in [0.25, 0.3) is 5.65 Å². The Morgan fingerprint density at radius 2 is 1.95 bits per heavy atom. The summed E-state index contributed by atoms with van der Waals surface area (Å²) in [6.07, 6.45) is 0.0689. The molecule has 0 spiro atoms. The van der Waals surface area contributed by atoms with Gasteiger partial charge in [-0.25, -0.2) is 13.9 Å². The number of aliphatic hydroxyl groups is 1. The molecule has 4 aromatic rings. The minimum absolute atomic E-state index is 0.0882. The number of hydrogen-bond acceptors (Lipinski definition) is 7. The number of amides is 2. The molecule has 0 bridgehead atoms. The van der Waals surface area contributed by atoms with Gasteiger partial charge in [0.15, 0.2) is 17.2 Å². The van der Waals surface area contributed by atoms with E-state index in [0.717, 1.165) is 16.8 Å². The Morgan fingerprint density at radius 3 is 2.70 bits per heavy atom. The summed E-state index contributed by atoms with van der Waals surface area (Å²) in [4.78, 5) is 41.9. The van der Waals surface area contributed by atoms with Gasteiger partial charge >= 0.3 is 6.61 Å². The molecule has 2 heterocycles. The van der Waals surface area contributed by atoms with Crippen LogP contribution in [0, 0.1) is 5.82 Å². The first-order chi connectivity index (χ1) is 19.1. The molecule has 13 heteroatoms. The van der Waals surface area contributed by atoms with Gasteiger partial charge in [0.05, 0.1) is 18.3 Å². The van der Waals surface area contributed by atoms with Crippen LogP contribution in [0.1, 0.15) is 61.0 Å². The summed E-state index contributed by atoms with van der Waals surface area (Å²) in [7, 11) is 0. The average molecular weight is 553 g/mol. The Hall–Kier alpha value is -4.78. The number of carbonyl (C=O) groups is 3. The highest BCUT2D eigenvalue weighted by Gasteiger charge is 2.33. The lowest BCUT2D eigenvalue weighted by atomic mass is 10.0. The number of Topliss-reactive ketones (excluding diaryl/α,β-unsaturated/α-hetero) is 1. The molecule has 1 aliphatic carbocycles. The lowest BCUT2D eigenvalue weighted by molar-refractivity contribution is -0.0499. The van der Waals surface area contributed by atoms with Gasteiger partial charge in [-0.2, -0.15) is 13.9 Å². The Bertz CT molecular complexity index is 1640. The van der Waals surface area contributed by atoms with Crippen LogP contribution in [0.2, 0.25) is 0 Å². The van der Waals surface area contributed by atoms with Crippen LogP contribution >= 0.6 is 0 Å². The van der Waals surface area contributed by atoms with E-state index in [2.05, 4.69) is 25.5 Å². The fourth-order valence-electron chi connectivity index (χ4n) is 4.56. The van der Waals surface area contributed by atoms with E-state index in [1.54, 1.807) is 24.3 Å². The molecule has 0 unspecified atom stereocenters. The molecule has 2 aromatic carbocycles. The van der Waals surface area contributed by atoms with Crippen molar-refractivity contribution in [1.82, 2.24) is 25.2 Å². The number of aromatic nitrogens is 3. The van der Waals surface area contributed by atoms with Crippen molar-refractivity contribution in [2.75, 3.05) is 0 Å². The summed E-state index contributed by atoms with van der Waals surface area (Å²) >= 11 is 0. The van der Waals surface area contributed by atoms with E-state index >= 15 is 0 Å². The van der Waals surface area contributed by atoms with Crippen molar-refractivity contribution in [2.24, 2.45) is 0 Å². The summed E-state index contributed by atoms with van der Waals surface area (Å²) in [5, 5.41) is 19.7. The third-order valence-electron chi connectivity index (χ3n) is 6.46. The number of benzene rings is 2. The first-order valence-electron chi connectivity index (χ1n) is 12.1. The topological polar surface area (TPSA) is 135 Å². The first-order valence-corrected chi connectivity index (χ1v) is 12.1. The molecule has 40 heavy (non-hydrogen) atoms. The number of alkyl halides is 2. The van der Waals surface area contributed by atoms with Crippen molar-refractivity contribution in [1.29, 1.82) is 0 Å². The van der Waals surface area contributed by atoms with E-state index in [0.29, 0.717) is 22.3 Å². The monoisotopic (exact) mass is 553 g/mol. The zero-order valence-corrected chi connectivity index (χ0v) is 20.9. The number of ether oxygens (including phenoxy) is 1. The Labute approximate surface area is 224 Å². The zero-order chi connectivity index (χ0) is 28.6. The van der Waals surface area contributed by atoms with Crippen LogP contribution in [0.5, 0.6) is 5.75 Å². The van der Waals surface area contributed by atoms with Gasteiger partial charge in [-0.15, -0.1) is 0 Å². The van der Waals surface area contributed by atoms with E-state index in [4.69, 9.17) is 0 Å². The molecule has 2 amide bonds. The number of carbonyl (C=O) groups excluding carboxylic acids is 3. The van der Waals surface area contributed by atoms with Gasteiger partial charge in [-0.05, 0) is 41.8 Å². The van der Waals surface area contributed by atoms with Crippen molar-refractivity contribution >= 4 is 23.2 Å². The average Bonchev–Trinajstić information content (AvgIpc) is 3.44. The van der Waals surface area contributed by atoms with Crippen molar-refractivity contribution in [3.8, 4) is 5.75 Å². The molecule has 5 rings (SSSR count). The van der Waals surface area contributed by atoms with Gasteiger partial charge in [-0.3, -0.25) is 14.4 Å². The van der Waals surface area contributed by atoms with Crippen molar-refractivity contribution < 1.29 is 37.4 Å². The minimum atomic E-state index is -3.01. The van der Waals surface area contributed by atoms with Crippen molar-refractivity contribution in [2.45, 2.75) is 38.6 Å². The predicted molar refractivity (Wildman–Crippen MR) is 134 cm³/mol. The van der Waals surface area contributed by atoms with Crippen LogP contribution < -0.4 is 15.4 Å². The second-order valence-electron chi connectivity index (χ2n) is 9.16. The van der Waals surface area contributed by atoms with Crippen LogP contribution in [-0.4, -0.2) is 50.0 Å². The molecule has 0 fully saturated rings. The second kappa shape index (κ2) is 10.8. The van der Waals surface area contributed by atoms with E-state index < -0.39 is 36.4 Å². The van der Waals surface area contributed by atoms with E-state index in [1.165, 1.54) is 25.1 Å². The number of aliphatic hydroxyl groups excluding tert-OH is 1. The highest BCUT2D eigenvalue weighted by atomic mass is 19.3. The number of nitrogens with zero attached hydrogens (tertiary/aromatic N) is 3. The molecule has 0 radical (unpaired) electrons. The molecule has 2 atom stereocenters. The first kappa shape index (κ1) is 26.8. The standard InChI is InChI=1S/C27H22F3N5O5/c1-13(36)15-5-6-18-16(8-15)9-22(37)23(18)34-26(39)21-10-20(33-24-19(28)12-32-35(21)24)25(38)31-11-14-3-2-4-17(7-14)40-27(29)30/h2-8,10,12,22-23,27,37H,9,11H2,1H3,(H,31,38)(H,34,39)/t22-,23+/m0/s1. The SMILES string of the molecule is CC(=O)c1ccc2c(c1)C[C@H](O)[C@@H]2NC(=O)c1cc(C(=O)NCc2cccc(OC(F)F)c2)nc2c(F)cnn12. The molecule has 1 aliphatic rings. The summed E-state index contributed by atoms with van der Waals surface area (Å²) in [6.45, 7) is -1.67. The Balaban J connectivity index is 1.38. The number of hydrogen-bond donors (Lipinski definition) is 3. The quantitative estimate of drug-likeness (QED) is 0.286. The minimum Gasteiger partial charge on any atom is -0.435 e. The molecular formula is C27H22F3N5O5. The summed E-state index contributed by atoms with van der Waals surface area (Å²) in [5.74, 6) is -2.61. The number of halogens is 3. The molecular weight excluding hydrogens is 531 g/mol.